The van der Waals surface area contributed by atoms with E-state index in [0.717, 1.165) is 22.5 Å². The summed E-state index contributed by atoms with van der Waals surface area (Å²) in [5.74, 6) is 0.845. The van der Waals surface area contributed by atoms with E-state index in [9.17, 15) is 4.79 Å². The molecule has 31 heavy (non-hydrogen) atoms. The predicted molar refractivity (Wildman–Crippen MR) is 127 cm³/mol. The van der Waals surface area contributed by atoms with Crippen LogP contribution in [0.15, 0.2) is 60.7 Å². The first-order valence-corrected chi connectivity index (χ1v) is 10.6. The SMILES string of the molecule is CCOc1cc(CNc2ccc(Cl)cc2Cl)ccc1OCC(=O)Nc1cccc(C)c1. The zero-order valence-electron chi connectivity index (χ0n) is 17.4. The van der Waals surface area contributed by atoms with Crippen molar-refractivity contribution in [3.05, 3.63) is 81.8 Å². The van der Waals surface area contributed by atoms with Crippen LogP contribution in [0.25, 0.3) is 0 Å². The highest BCUT2D eigenvalue weighted by molar-refractivity contribution is 6.36. The minimum absolute atomic E-state index is 0.119. The van der Waals surface area contributed by atoms with Crippen LogP contribution in [0, 0.1) is 6.92 Å². The van der Waals surface area contributed by atoms with Crippen molar-refractivity contribution in [3.63, 3.8) is 0 Å². The molecule has 0 atom stereocenters. The maximum Gasteiger partial charge on any atom is 0.262 e. The molecule has 7 heteroatoms. The molecule has 5 nitrogen and oxygen atoms in total. The Hall–Kier alpha value is -2.89. The number of hydrogen-bond acceptors (Lipinski definition) is 4. The molecule has 162 valence electrons. The molecule has 0 unspecified atom stereocenters. The third-order valence-electron chi connectivity index (χ3n) is 4.38. The molecule has 3 aromatic carbocycles. The molecule has 0 aliphatic heterocycles. The van der Waals surface area contributed by atoms with E-state index < -0.39 is 0 Å². The highest BCUT2D eigenvalue weighted by Gasteiger charge is 2.10. The first-order chi connectivity index (χ1) is 14.9. The van der Waals surface area contributed by atoms with Crippen LogP contribution in [0.2, 0.25) is 10.0 Å². The van der Waals surface area contributed by atoms with Gasteiger partial charge in [0.05, 0.1) is 17.3 Å². The lowest BCUT2D eigenvalue weighted by Crippen LogP contribution is -2.20. The maximum absolute atomic E-state index is 12.2. The minimum Gasteiger partial charge on any atom is -0.490 e. The number of carbonyl (C=O) groups is 1. The summed E-state index contributed by atoms with van der Waals surface area (Å²) in [6.07, 6.45) is 0. The number of hydrogen-bond donors (Lipinski definition) is 2. The Morgan fingerprint density at radius 3 is 2.55 bits per heavy atom. The lowest BCUT2D eigenvalue weighted by molar-refractivity contribution is -0.118. The summed E-state index contributed by atoms with van der Waals surface area (Å²) >= 11 is 12.2. The van der Waals surface area contributed by atoms with Crippen LogP contribution in [-0.2, 0) is 11.3 Å². The van der Waals surface area contributed by atoms with Crippen LogP contribution in [0.3, 0.4) is 0 Å². The van der Waals surface area contributed by atoms with Gasteiger partial charge in [0.25, 0.3) is 5.91 Å². The summed E-state index contributed by atoms with van der Waals surface area (Å²) in [6, 6.07) is 18.5. The highest BCUT2D eigenvalue weighted by Crippen LogP contribution is 2.30. The lowest BCUT2D eigenvalue weighted by Gasteiger charge is -2.14. The Morgan fingerprint density at radius 1 is 0.968 bits per heavy atom. The van der Waals surface area contributed by atoms with Gasteiger partial charge < -0.3 is 20.1 Å². The Morgan fingerprint density at radius 2 is 1.81 bits per heavy atom. The normalized spacial score (nSPS) is 10.5. The van der Waals surface area contributed by atoms with Gasteiger partial charge in [0.1, 0.15) is 0 Å². The van der Waals surface area contributed by atoms with Crippen molar-refractivity contribution < 1.29 is 14.3 Å². The predicted octanol–water partition coefficient (Wildman–Crippen LogP) is 6.33. The minimum atomic E-state index is -0.240. The number of ether oxygens (including phenoxy) is 2. The zero-order valence-corrected chi connectivity index (χ0v) is 18.9. The van der Waals surface area contributed by atoms with E-state index >= 15 is 0 Å². The van der Waals surface area contributed by atoms with Gasteiger partial charge in [-0.3, -0.25) is 4.79 Å². The molecule has 2 N–H and O–H groups in total. The highest BCUT2D eigenvalue weighted by atomic mass is 35.5. The summed E-state index contributed by atoms with van der Waals surface area (Å²) in [5.41, 5.74) is 3.57. The molecule has 3 rings (SSSR count). The van der Waals surface area contributed by atoms with E-state index in [2.05, 4.69) is 10.6 Å². The van der Waals surface area contributed by atoms with Gasteiger partial charge >= 0.3 is 0 Å². The van der Waals surface area contributed by atoms with Crippen molar-refractivity contribution in [3.8, 4) is 11.5 Å². The van der Waals surface area contributed by atoms with Crippen molar-refractivity contribution in [2.45, 2.75) is 20.4 Å². The lowest BCUT2D eigenvalue weighted by atomic mass is 10.2. The summed E-state index contributed by atoms with van der Waals surface area (Å²) in [5, 5.41) is 7.24. The van der Waals surface area contributed by atoms with Crippen LogP contribution >= 0.6 is 23.2 Å². The van der Waals surface area contributed by atoms with Crippen molar-refractivity contribution in [1.29, 1.82) is 0 Å². The summed E-state index contributed by atoms with van der Waals surface area (Å²) in [6.45, 7) is 4.76. The van der Waals surface area contributed by atoms with Crippen molar-refractivity contribution in [2.24, 2.45) is 0 Å². The van der Waals surface area contributed by atoms with E-state index in [1.54, 1.807) is 18.2 Å². The second kappa shape index (κ2) is 10.9. The molecule has 0 radical (unpaired) electrons. The molecule has 0 aliphatic carbocycles. The van der Waals surface area contributed by atoms with Crippen LogP contribution in [-0.4, -0.2) is 19.1 Å². The average molecular weight is 459 g/mol. The fraction of sp³-hybridized carbons (Fsp3) is 0.208. The number of carbonyl (C=O) groups excluding carboxylic acids is 1. The van der Waals surface area contributed by atoms with Gasteiger partial charge in [0.15, 0.2) is 18.1 Å². The summed E-state index contributed by atoms with van der Waals surface area (Å²) in [7, 11) is 0. The molecule has 0 fully saturated rings. The standard InChI is InChI=1S/C24H24Cl2N2O3/c1-3-30-23-12-17(14-27-21-9-8-18(25)13-20(21)26)7-10-22(23)31-15-24(29)28-19-6-4-5-16(2)11-19/h4-13,27H,3,14-15H2,1-2H3,(H,28,29). The van der Waals surface area contributed by atoms with Crippen molar-refractivity contribution in [2.75, 3.05) is 23.8 Å². The molecule has 0 saturated heterocycles. The van der Waals surface area contributed by atoms with E-state index in [-0.39, 0.29) is 12.5 Å². The molecule has 0 bridgehead atoms. The molecule has 0 spiro atoms. The molecule has 0 aliphatic rings. The van der Waals surface area contributed by atoms with E-state index in [4.69, 9.17) is 32.7 Å². The molecule has 0 saturated carbocycles. The van der Waals surface area contributed by atoms with Crippen LogP contribution in [0.1, 0.15) is 18.1 Å². The number of amides is 1. The Labute approximate surface area is 192 Å². The summed E-state index contributed by atoms with van der Waals surface area (Å²) < 4.78 is 11.4. The molecule has 0 aromatic heterocycles. The van der Waals surface area contributed by atoms with E-state index in [1.807, 2.05) is 56.3 Å². The van der Waals surface area contributed by atoms with Crippen molar-refractivity contribution >= 4 is 40.5 Å². The second-order valence-corrected chi connectivity index (χ2v) is 7.74. The number of anilines is 2. The number of aryl methyl sites for hydroxylation is 1. The third-order valence-corrected chi connectivity index (χ3v) is 4.93. The molecular weight excluding hydrogens is 435 g/mol. The van der Waals surface area contributed by atoms with Gasteiger partial charge in [-0.2, -0.15) is 0 Å². The number of halogens is 2. The zero-order chi connectivity index (χ0) is 22.2. The van der Waals surface area contributed by atoms with Gasteiger partial charge in [0, 0.05) is 17.3 Å². The largest absolute Gasteiger partial charge is 0.490 e. The Bertz CT molecular complexity index is 1060. The van der Waals surface area contributed by atoms with Gasteiger partial charge in [-0.1, -0.05) is 41.4 Å². The van der Waals surface area contributed by atoms with Gasteiger partial charge in [-0.25, -0.2) is 0 Å². The fourth-order valence-corrected chi connectivity index (χ4v) is 3.42. The van der Waals surface area contributed by atoms with Gasteiger partial charge in [0.2, 0.25) is 0 Å². The van der Waals surface area contributed by atoms with Crippen LogP contribution < -0.4 is 20.1 Å². The quantitative estimate of drug-likeness (QED) is 0.393. The number of benzene rings is 3. The summed E-state index contributed by atoms with van der Waals surface area (Å²) in [4.78, 5) is 12.2. The van der Waals surface area contributed by atoms with E-state index in [1.165, 1.54) is 0 Å². The Balaban J connectivity index is 1.62. The number of rotatable bonds is 9. The van der Waals surface area contributed by atoms with Gasteiger partial charge in [-0.05, 0) is 67.4 Å². The monoisotopic (exact) mass is 458 g/mol. The molecule has 1 amide bonds. The van der Waals surface area contributed by atoms with Crippen LogP contribution in [0.4, 0.5) is 11.4 Å². The smallest absolute Gasteiger partial charge is 0.262 e. The Kier molecular flexibility index (Phi) is 8.04. The second-order valence-electron chi connectivity index (χ2n) is 6.90. The van der Waals surface area contributed by atoms with Gasteiger partial charge in [-0.15, -0.1) is 0 Å². The van der Waals surface area contributed by atoms with E-state index in [0.29, 0.717) is 34.7 Å². The maximum atomic E-state index is 12.2. The average Bonchev–Trinajstić information content (AvgIpc) is 2.73. The first-order valence-electron chi connectivity index (χ1n) is 9.88. The molecular formula is C24H24Cl2N2O3. The fourth-order valence-electron chi connectivity index (χ4n) is 2.94. The first kappa shape index (κ1) is 22.8. The van der Waals surface area contributed by atoms with Crippen molar-refractivity contribution in [1.82, 2.24) is 0 Å². The number of nitrogens with one attached hydrogen (secondary N) is 2. The molecule has 3 aromatic rings. The molecule has 0 heterocycles. The van der Waals surface area contributed by atoms with Crippen LogP contribution in [0.5, 0.6) is 11.5 Å². The topological polar surface area (TPSA) is 59.6 Å². The third kappa shape index (κ3) is 6.81.